The molecule has 138 valence electrons. The summed E-state index contributed by atoms with van der Waals surface area (Å²) in [5.41, 5.74) is 7.73. The molecule has 0 unspecified atom stereocenters. The number of nitrogens with zero attached hydrogens (tertiary/aromatic N) is 4. The normalized spacial score (nSPS) is 21.7. The smallest absolute Gasteiger partial charge is 0.240 e. The molecule has 1 fully saturated rings. The average molecular weight is 381 g/mol. The Kier molecular flexibility index (Phi) is 3.84. The van der Waals surface area contributed by atoms with Crippen molar-refractivity contribution in [2.24, 2.45) is 5.73 Å². The van der Waals surface area contributed by atoms with E-state index in [1.807, 2.05) is 17.0 Å². The molecule has 0 saturated carbocycles. The summed E-state index contributed by atoms with van der Waals surface area (Å²) in [7, 11) is 0. The van der Waals surface area contributed by atoms with Gasteiger partial charge < -0.3 is 15.7 Å². The van der Waals surface area contributed by atoms with Gasteiger partial charge in [-0.2, -0.15) is 0 Å². The van der Waals surface area contributed by atoms with Crippen LogP contribution in [0, 0.1) is 0 Å². The molecule has 1 aliphatic carbocycles. The number of β-amino-alcohol motifs (C(OH)–C–C–N with tert-alkyl or cyclic N) is 1. The molecule has 1 amide bonds. The number of carbonyl (C=O) groups is 1. The number of aromatic nitrogens is 3. The minimum atomic E-state index is -0.596. The number of anilines is 1. The van der Waals surface area contributed by atoms with E-state index in [-0.39, 0.29) is 0 Å². The summed E-state index contributed by atoms with van der Waals surface area (Å²) in [6.07, 6.45) is 6.35. The minimum absolute atomic E-state index is 0.329. The molecule has 0 spiro atoms. The highest BCUT2D eigenvalue weighted by Gasteiger charge is 2.38. The van der Waals surface area contributed by atoms with E-state index in [9.17, 15) is 9.90 Å². The lowest BCUT2D eigenvalue weighted by Gasteiger charge is -2.24. The summed E-state index contributed by atoms with van der Waals surface area (Å²) in [4.78, 5) is 29.9. The highest BCUT2D eigenvalue weighted by atomic mass is 32.1. The first-order chi connectivity index (χ1) is 13.1. The van der Waals surface area contributed by atoms with Crippen molar-refractivity contribution < 1.29 is 9.90 Å². The maximum absolute atomic E-state index is 12.0. The standard InChI is InChI=1S/C19H19N5O2S/c20-16(26)13-7-11(25)9-24(13)18-15-12-4-1-5-14(12)27-19(15)23-17(22-18)10-3-2-6-21-8-10/h2-3,6,8,11,13,25H,1,4-5,7,9H2,(H2,20,26)/t11-,13-/m0/s1. The van der Waals surface area contributed by atoms with Crippen LogP contribution >= 0.6 is 11.3 Å². The van der Waals surface area contributed by atoms with Crippen LogP contribution in [0.4, 0.5) is 5.82 Å². The molecule has 1 aliphatic heterocycles. The second-order valence-corrected chi connectivity index (χ2v) is 8.19. The van der Waals surface area contributed by atoms with Crippen LogP contribution < -0.4 is 10.6 Å². The molecule has 3 aromatic heterocycles. The zero-order valence-corrected chi connectivity index (χ0v) is 15.4. The van der Waals surface area contributed by atoms with E-state index in [0.717, 1.165) is 35.0 Å². The second kappa shape index (κ2) is 6.24. The first kappa shape index (κ1) is 16.6. The van der Waals surface area contributed by atoms with E-state index in [1.54, 1.807) is 23.7 Å². The van der Waals surface area contributed by atoms with Crippen molar-refractivity contribution in [1.82, 2.24) is 15.0 Å². The van der Waals surface area contributed by atoms with Gasteiger partial charge in [-0.3, -0.25) is 9.78 Å². The van der Waals surface area contributed by atoms with E-state index in [4.69, 9.17) is 15.7 Å². The number of aliphatic hydroxyl groups excluding tert-OH is 1. The van der Waals surface area contributed by atoms with Crippen molar-refractivity contribution in [3.8, 4) is 11.4 Å². The Morgan fingerprint density at radius 1 is 1.33 bits per heavy atom. The van der Waals surface area contributed by atoms with Crippen LogP contribution in [-0.2, 0) is 17.6 Å². The fraction of sp³-hybridized carbons (Fsp3) is 0.368. The molecule has 3 N–H and O–H groups in total. The Balaban J connectivity index is 1.75. The van der Waals surface area contributed by atoms with Gasteiger partial charge in [0, 0.05) is 35.8 Å². The number of nitrogens with two attached hydrogens (primary N) is 1. The number of amides is 1. The number of fused-ring (bicyclic) bond motifs is 3. The van der Waals surface area contributed by atoms with Crippen LogP contribution in [0.1, 0.15) is 23.3 Å². The summed E-state index contributed by atoms with van der Waals surface area (Å²) >= 11 is 1.70. The molecular weight excluding hydrogens is 362 g/mol. The highest BCUT2D eigenvalue weighted by Crippen LogP contribution is 2.42. The van der Waals surface area contributed by atoms with Crippen molar-refractivity contribution in [3.05, 3.63) is 35.0 Å². The van der Waals surface area contributed by atoms with Crippen molar-refractivity contribution in [1.29, 1.82) is 0 Å². The molecule has 27 heavy (non-hydrogen) atoms. The Morgan fingerprint density at radius 3 is 3.00 bits per heavy atom. The van der Waals surface area contributed by atoms with Gasteiger partial charge in [0.1, 0.15) is 16.7 Å². The van der Waals surface area contributed by atoms with Crippen LogP contribution in [0.5, 0.6) is 0 Å². The van der Waals surface area contributed by atoms with Gasteiger partial charge in [-0.25, -0.2) is 9.97 Å². The Hall–Kier alpha value is -2.58. The number of pyridine rings is 1. The summed E-state index contributed by atoms with van der Waals surface area (Å²) < 4.78 is 0. The van der Waals surface area contributed by atoms with Gasteiger partial charge in [0.25, 0.3) is 0 Å². The quantitative estimate of drug-likeness (QED) is 0.715. The summed E-state index contributed by atoms with van der Waals surface area (Å²) in [5.74, 6) is 0.849. The van der Waals surface area contributed by atoms with E-state index in [0.29, 0.717) is 24.6 Å². The van der Waals surface area contributed by atoms with Crippen LogP contribution in [0.3, 0.4) is 0 Å². The van der Waals surface area contributed by atoms with Crippen molar-refractivity contribution >= 4 is 33.3 Å². The van der Waals surface area contributed by atoms with E-state index in [1.165, 1.54) is 10.4 Å². The van der Waals surface area contributed by atoms with Crippen LogP contribution in [-0.4, -0.2) is 44.7 Å². The third-order valence-corrected chi connectivity index (χ3v) is 6.53. The number of primary amides is 1. The van der Waals surface area contributed by atoms with Gasteiger partial charge in [0.2, 0.25) is 5.91 Å². The number of carbonyl (C=O) groups excluding carboxylic acids is 1. The summed E-state index contributed by atoms with van der Waals surface area (Å²) in [6.45, 7) is 0.344. The van der Waals surface area contributed by atoms with Gasteiger partial charge in [-0.1, -0.05) is 0 Å². The van der Waals surface area contributed by atoms with Crippen molar-refractivity contribution in [2.45, 2.75) is 37.8 Å². The van der Waals surface area contributed by atoms with Crippen LogP contribution in [0.25, 0.3) is 21.6 Å². The maximum Gasteiger partial charge on any atom is 0.240 e. The minimum Gasteiger partial charge on any atom is -0.391 e. The third-order valence-electron chi connectivity index (χ3n) is 5.34. The zero-order chi connectivity index (χ0) is 18.5. The molecule has 3 aromatic rings. The number of rotatable bonds is 3. The number of aliphatic hydroxyl groups is 1. The number of aryl methyl sites for hydroxylation is 2. The topological polar surface area (TPSA) is 105 Å². The van der Waals surface area contributed by atoms with Gasteiger partial charge in [-0.05, 0) is 37.0 Å². The molecule has 1 saturated heterocycles. The van der Waals surface area contributed by atoms with E-state index >= 15 is 0 Å². The molecule has 0 radical (unpaired) electrons. The molecule has 0 aromatic carbocycles. The lowest BCUT2D eigenvalue weighted by atomic mass is 10.1. The average Bonchev–Trinajstić information content (AvgIpc) is 3.35. The van der Waals surface area contributed by atoms with E-state index in [2.05, 4.69) is 4.98 Å². The Labute approximate surface area is 159 Å². The van der Waals surface area contributed by atoms with Crippen molar-refractivity contribution in [2.75, 3.05) is 11.4 Å². The first-order valence-corrected chi connectivity index (χ1v) is 9.90. The molecule has 7 nitrogen and oxygen atoms in total. The van der Waals surface area contributed by atoms with Crippen molar-refractivity contribution in [3.63, 3.8) is 0 Å². The number of hydrogen-bond donors (Lipinski definition) is 2. The molecular formula is C19H19N5O2S. The lowest BCUT2D eigenvalue weighted by molar-refractivity contribution is -0.119. The van der Waals surface area contributed by atoms with E-state index < -0.39 is 18.1 Å². The highest BCUT2D eigenvalue weighted by molar-refractivity contribution is 7.19. The molecule has 4 heterocycles. The fourth-order valence-corrected chi connectivity index (χ4v) is 5.38. The Morgan fingerprint density at radius 2 is 2.22 bits per heavy atom. The van der Waals surface area contributed by atoms with Crippen LogP contribution in [0.15, 0.2) is 24.5 Å². The summed E-state index contributed by atoms with van der Waals surface area (Å²) in [6, 6.07) is 3.21. The van der Waals surface area contributed by atoms with Gasteiger partial charge >= 0.3 is 0 Å². The molecule has 2 atom stereocenters. The van der Waals surface area contributed by atoms with Gasteiger partial charge in [0.15, 0.2) is 5.82 Å². The maximum atomic E-state index is 12.0. The number of thiophene rings is 1. The Bertz CT molecular complexity index is 1040. The molecule has 5 rings (SSSR count). The fourth-order valence-electron chi connectivity index (χ4n) is 4.13. The molecule has 2 aliphatic rings. The van der Waals surface area contributed by atoms with Gasteiger partial charge in [0.05, 0.1) is 11.5 Å². The first-order valence-electron chi connectivity index (χ1n) is 9.08. The predicted molar refractivity (Wildman–Crippen MR) is 104 cm³/mol. The second-order valence-electron chi connectivity index (χ2n) is 7.11. The largest absolute Gasteiger partial charge is 0.391 e. The number of hydrogen-bond acceptors (Lipinski definition) is 7. The zero-order valence-electron chi connectivity index (χ0n) is 14.6. The van der Waals surface area contributed by atoms with Crippen LogP contribution in [0.2, 0.25) is 0 Å². The predicted octanol–water partition coefficient (Wildman–Crippen LogP) is 1.67. The third kappa shape index (κ3) is 2.67. The van der Waals surface area contributed by atoms with Gasteiger partial charge in [-0.15, -0.1) is 11.3 Å². The lowest BCUT2D eigenvalue weighted by Crippen LogP contribution is -2.41. The SMILES string of the molecule is NC(=O)[C@@H]1C[C@H](O)CN1c1nc(-c2cccnc2)nc2sc3c(c12)CCC3. The molecule has 8 heteroatoms. The molecule has 0 bridgehead atoms. The summed E-state index contributed by atoms with van der Waals surface area (Å²) in [5, 5.41) is 11.2. The monoisotopic (exact) mass is 381 g/mol.